The quantitative estimate of drug-likeness (QED) is 0.668. The van der Waals surface area contributed by atoms with Crippen LogP contribution in [-0.2, 0) is 4.79 Å². The molecule has 0 saturated carbocycles. The predicted octanol–water partition coefficient (Wildman–Crippen LogP) is 1.78. The van der Waals surface area contributed by atoms with Gasteiger partial charge in [0.15, 0.2) is 0 Å². The number of carboxylic acid groups (broad SMARTS) is 1. The molecule has 3 N–H and O–H groups in total. The van der Waals surface area contributed by atoms with E-state index in [9.17, 15) is 9.59 Å². The topological polar surface area (TPSA) is 89.9 Å². The van der Waals surface area contributed by atoms with E-state index in [1.807, 2.05) is 6.92 Å². The van der Waals surface area contributed by atoms with E-state index in [-0.39, 0.29) is 31.0 Å². The summed E-state index contributed by atoms with van der Waals surface area (Å²) < 4.78 is 0. The van der Waals surface area contributed by atoms with Crippen LogP contribution in [0.4, 0.5) is 4.79 Å². The Morgan fingerprint density at radius 3 is 2.55 bits per heavy atom. The number of aliphatic hydroxyl groups excluding tert-OH is 1. The molecule has 0 spiro atoms. The van der Waals surface area contributed by atoms with Gasteiger partial charge in [-0.05, 0) is 37.0 Å². The molecule has 22 heavy (non-hydrogen) atoms. The monoisotopic (exact) mass is 314 g/mol. The number of piperidine rings is 1. The van der Waals surface area contributed by atoms with Crippen molar-refractivity contribution in [1.82, 2.24) is 10.2 Å². The number of urea groups is 1. The molecule has 0 bridgehead atoms. The second-order valence-corrected chi connectivity index (χ2v) is 6.97. The number of carbonyl (C=O) groups is 2. The van der Waals surface area contributed by atoms with Crippen molar-refractivity contribution in [2.75, 3.05) is 26.2 Å². The van der Waals surface area contributed by atoms with Crippen LogP contribution in [0.15, 0.2) is 0 Å². The van der Waals surface area contributed by atoms with E-state index in [2.05, 4.69) is 19.2 Å². The Bertz CT molecular complexity index is 373. The number of carboxylic acids is 1. The van der Waals surface area contributed by atoms with Gasteiger partial charge in [-0.25, -0.2) is 4.79 Å². The molecule has 0 aliphatic carbocycles. The zero-order chi connectivity index (χ0) is 16.7. The van der Waals surface area contributed by atoms with E-state index in [0.29, 0.717) is 31.8 Å². The lowest BCUT2D eigenvalue weighted by Gasteiger charge is -2.35. The summed E-state index contributed by atoms with van der Waals surface area (Å²) >= 11 is 0. The average Bonchev–Trinajstić information content (AvgIpc) is 2.43. The summed E-state index contributed by atoms with van der Waals surface area (Å²) in [5, 5.41) is 21.2. The SMILES string of the molecule is CC(C)CC(CCO)CNC(=O)N1CC(C)CC(C(=O)O)C1. The second-order valence-electron chi connectivity index (χ2n) is 6.97. The van der Waals surface area contributed by atoms with Gasteiger partial charge in [-0.2, -0.15) is 0 Å². The van der Waals surface area contributed by atoms with Crippen LogP contribution in [0, 0.1) is 23.7 Å². The van der Waals surface area contributed by atoms with Crippen molar-refractivity contribution in [2.45, 2.75) is 40.0 Å². The number of carbonyl (C=O) groups excluding carboxylic acids is 1. The molecule has 1 aliphatic rings. The first-order valence-electron chi connectivity index (χ1n) is 8.19. The lowest BCUT2D eigenvalue weighted by molar-refractivity contribution is -0.143. The van der Waals surface area contributed by atoms with Crippen LogP contribution in [0.3, 0.4) is 0 Å². The van der Waals surface area contributed by atoms with Gasteiger partial charge in [-0.3, -0.25) is 4.79 Å². The van der Waals surface area contributed by atoms with Crippen molar-refractivity contribution >= 4 is 12.0 Å². The summed E-state index contributed by atoms with van der Waals surface area (Å²) in [6.45, 7) is 7.74. The molecule has 2 amide bonds. The van der Waals surface area contributed by atoms with Gasteiger partial charge >= 0.3 is 12.0 Å². The Kier molecular flexibility index (Phi) is 7.65. The van der Waals surface area contributed by atoms with Crippen LogP contribution >= 0.6 is 0 Å². The fraction of sp³-hybridized carbons (Fsp3) is 0.875. The van der Waals surface area contributed by atoms with Gasteiger partial charge in [0.2, 0.25) is 0 Å². The van der Waals surface area contributed by atoms with Crippen molar-refractivity contribution in [3.05, 3.63) is 0 Å². The Morgan fingerprint density at radius 2 is 2.00 bits per heavy atom. The van der Waals surface area contributed by atoms with Crippen LogP contribution in [0.2, 0.25) is 0 Å². The highest BCUT2D eigenvalue weighted by Gasteiger charge is 2.31. The maximum absolute atomic E-state index is 12.3. The van der Waals surface area contributed by atoms with Gasteiger partial charge in [-0.15, -0.1) is 0 Å². The van der Waals surface area contributed by atoms with Crippen LogP contribution in [0.5, 0.6) is 0 Å². The van der Waals surface area contributed by atoms with Crippen LogP contribution < -0.4 is 5.32 Å². The maximum Gasteiger partial charge on any atom is 0.317 e. The molecule has 1 heterocycles. The first-order chi connectivity index (χ1) is 10.3. The predicted molar refractivity (Wildman–Crippen MR) is 84.5 cm³/mol. The third-order valence-corrected chi connectivity index (χ3v) is 4.18. The minimum absolute atomic E-state index is 0.120. The highest BCUT2D eigenvalue weighted by atomic mass is 16.4. The lowest BCUT2D eigenvalue weighted by Crippen LogP contribution is -2.50. The smallest absolute Gasteiger partial charge is 0.317 e. The highest BCUT2D eigenvalue weighted by Crippen LogP contribution is 2.22. The summed E-state index contributed by atoms with van der Waals surface area (Å²) in [4.78, 5) is 25.0. The second kappa shape index (κ2) is 8.98. The maximum atomic E-state index is 12.3. The first-order valence-corrected chi connectivity index (χ1v) is 8.19. The van der Waals surface area contributed by atoms with Gasteiger partial charge in [-0.1, -0.05) is 20.8 Å². The molecular weight excluding hydrogens is 284 g/mol. The molecule has 1 fully saturated rings. The number of nitrogens with one attached hydrogen (secondary N) is 1. The standard InChI is InChI=1S/C16H30N2O4/c1-11(2)6-13(4-5-19)8-17-16(22)18-9-12(3)7-14(10-18)15(20)21/h11-14,19H,4-10H2,1-3H3,(H,17,22)(H,20,21). The minimum Gasteiger partial charge on any atom is -0.481 e. The molecule has 128 valence electrons. The molecule has 1 aliphatic heterocycles. The first kappa shape index (κ1) is 18.7. The number of likely N-dealkylation sites (tertiary alicyclic amines) is 1. The van der Waals surface area contributed by atoms with Gasteiger partial charge in [0.25, 0.3) is 0 Å². The largest absolute Gasteiger partial charge is 0.481 e. The zero-order valence-electron chi connectivity index (χ0n) is 13.9. The molecule has 6 nitrogen and oxygen atoms in total. The number of amides is 2. The third-order valence-electron chi connectivity index (χ3n) is 4.18. The van der Waals surface area contributed by atoms with Crippen LogP contribution in [0.1, 0.15) is 40.0 Å². The minimum atomic E-state index is -0.831. The zero-order valence-corrected chi connectivity index (χ0v) is 13.9. The molecule has 3 atom stereocenters. The fourth-order valence-electron chi connectivity index (χ4n) is 3.19. The Morgan fingerprint density at radius 1 is 1.32 bits per heavy atom. The molecule has 0 aromatic heterocycles. The molecular formula is C16H30N2O4. The molecule has 0 aromatic carbocycles. The number of nitrogens with zero attached hydrogens (tertiary/aromatic N) is 1. The van der Waals surface area contributed by atoms with Crippen molar-refractivity contribution in [3.63, 3.8) is 0 Å². The van der Waals surface area contributed by atoms with E-state index in [0.717, 1.165) is 6.42 Å². The van der Waals surface area contributed by atoms with Crippen molar-refractivity contribution < 1.29 is 19.8 Å². The Labute approximate surface area is 132 Å². The van der Waals surface area contributed by atoms with E-state index in [1.54, 1.807) is 4.90 Å². The molecule has 3 unspecified atom stereocenters. The number of hydrogen-bond acceptors (Lipinski definition) is 3. The summed E-state index contributed by atoms with van der Waals surface area (Å²) in [5.41, 5.74) is 0. The van der Waals surface area contributed by atoms with Crippen molar-refractivity contribution in [3.8, 4) is 0 Å². The molecule has 6 heteroatoms. The van der Waals surface area contributed by atoms with Crippen molar-refractivity contribution in [2.24, 2.45) is 23.7 Å². The molecule has 1 saturated heterocycles. The van der Waals surface area contributed by atoms with Crippen LogP contribution in [-0.4, -0.2) is 53.4 Å². The number of aliphatic hydroxyl groups is 1. The highest BCUT2D eigenvalue weighted by molar-refractivity contribution is 5.76. The van der Waals surface area contributed by atoms with E-state index < -0.39 is 11.9 Å². The van der Waals surface area contributed by atoms with Crippen molar-refractivity contribution in [1.29, 1.82) is 0 Å². The number of rotatable bonds is 7. The fourth-order valence-corrected chi connectivity index (χ4v) is 3.19. The number of hydrogen-bond donors (Lipinski definition) is 3. The summed E-state index contributed by atoms with van der Waals surface area (Å²) in [7, 11) is 0. The average molecular weight is 314 g/mol. The van der Waals surface area contributed by atoms with Gasteiger partial charge in [0.1, 0.15) is 0 Å². The normalized spacial score (nSPS) is 23.4. The Balaban J connectivity index is 2.50. The molecule has 0 aromatic rings. The lowest BCUT2D eigenvalue weighted by atomic mass is 9.90. The molecule has 0 radical (unpaired) electrons. The van der Waals surface area contributed by atoms with E-state index in [4.69, 9.17) is 10.2 Å². The summed E-state index contributed by atoms with van der Waals surface area (Å²) in [6, 6.07) is -0.190. The third kappa shape index (κ3) is 6.22. The summed E-state index contributed by atoms with van der Waals surface area (Å²) in [5.74, 6) is -0.337. The number of aliphatic carboxylic acids is 1. The van der Waals surface area contributed by atoms with Gasteiger partial charge < -0.3 is 20.4 Å². The van der Waals surface area contributed by atoms with Gasteiger partial charge in [0, 0.05) is 26.2 Å². The van der Waals surface area contributed by atoms with E-state index >= 15 is 0 Å². The van der Waals surface area contributed by atoms with Crippen LogP contribution in [0.25, 0.3) is 0 Å². The summed E-state index contributed by atoms with van der Waals surface area (Å²) in [6.07, 6.45) is 2.25. The van der Waals surface area contributed by atoms with E-state index in [1.165, 1.54) is 0 Å². The molecule has 1 rings (SSSR count). The Hall–Kier alpha value is -1.30. The van der Waals surface area contributed by atoms with Gasteiger partial charge in [0.05, 0.1) is 5.92 Å².